The topological polar surface area (TPSA) is 86.3 Å². The summed E-state index contributed by atoms with van der Waals surface area (Å²) in [7, 11) is 0. The van der Waals surface area contributed by atoms with Crippen LogP contribution in [0.1, 0.15) is 46.1 Å². The minimum atomic E-state index is -0.522. The molecule has 3 rings (SSSR count). The average molecular weight is 341 g/mol. The number of aromatic amines is 1. The Hall–Kier alpha value is -2.47. The van der Waals surface area contributed by atoms with E-state index in [4.69, 9.17) is 0 Å². The van der Waals surface area contributed by atoms with Crippen LogP contribution in [0.25, 0.3) is 0 Å². The molecule has 132 valence electrons. The third kappa shape index (κ3) is 3.49. The maximum Gasteiger partial charge on any atom is 0.277 e. The largest absolute Gasteiger partial charge is 0.388 e. The molecule has 0 unspecified atom stereocenters. The summed E-state index contributed by atoms with van der Waals surface area (Å²) in [5.41, 5.74) is 1.91. The molecule has 2 aromatic rings. The molecule has 0 saturated carbocycles. The number of likely N-dealkylation sites (tertiary alicyclic amines) is 1. The fourth-order valence-corrected chi connectivity index (χ4v) is 3.38. The van der Waals surface area contributed by atoms with Crippen LogP contribution in [0.15, 0.2) is 35.1 Å². The van der Waals surface area contributed by atoms with Crippen molar-refractivity contribution in [1.82, 2.24) is 15.1 Å². The number of nitrogens with one attached hydrogen (secondary N) is 1. The van der Waals surface area contributed by atoms with Crippen molar-refractivity contribution in [3.8, 4) is 0 Å². The average Bonchev–Trinajstić information content (AvgIpc) is 2.65. The molecule has 1 saturated heterocycles. The molecule has 0 bridgehead atoms. The van der Waals surface area contributed by atoms with Crippen LogP contribution in [0, 0.1) is 19.8 Å². The monoisotopic (exact) mass is 341 g/mol. The van der Waals surface area contributed by atoms with E-state index in [2.05, 4.69) is 10.2 Å². The SMILES string of the molecule is Cc1n[nH]c(=O)c(C(=O)N2CCC([C@H](O)c3ccccc3)CC2)c1C. The molecule has 1 amide bonds. The Morgan fingerprint density at radius 1 is 1.24 bits per heavy atom. The molecule has 1 aromatic heterocycles. The third-order valence-corrected chi connectivity index (χ3v) is 5.10. The van der Waals surface area contributed by atoms with Crippen LogP contribution < -0.4 is 5.56 Å². The summed E-state index contributed by atoms with van der Waals surface area (Å²) in [5, 5.41) is 16.8. The molecule has 2 heterocycles. The number of aliphatic hydroxyl groups excluding tert-OH is 1. The Labute approximate surface area is 146 Å². The van der Waals surface area contributed by atoms with Gasteiger partial charge in [0.2, 0.25) is 0 Å². The maximum absolute atomic E-state index is 12.8. The second-order valence-electron chi connectivity index (χ2n) is 6.62. The fourth-order valence-electron chi connectivity index (χ4n) is 3.38. The zero-order valence-corrected chi connectivity index (χ0v) is 14.5. The minimum absolute atomic E-state index is 0.116. The van der Waals surface area contributed by atoms with Gasteiger partial charge in [-0.3, -0.25) is 9.59 Å². The molecule has 0 radical (unpaired) electrons. The van der Waals surface area contributed by atoms with Crippen molar-refractivity contribution in [1.29, 1.82) is 0 Å². The number of H-pyrrole nitrogens is 1. The van der Waals surface area contributed by atoms with E-state index in [0.717, 1.165) is 5.56 Å². The second kappa shape index (κ2) is 7.19. The highest BCUT2D eigenvalue weighted by molar-refractivity contribution is 5.95. The van der Waals surface area contributed by atoms with Crippen LogP contribution in [0.3, 0.4) is 0 Å². The zero-order valence-electron chi connectivity index (χ0n) is 14.5. The lowest BCUT2D eigenvalue weighted by atomic mass is 9.87. The quantitative estimate of drug-likeness (QED) is 0.894. The summed E-state index contributed by atoms with van der Waals surface area (Å²) in [6, 6.07) is 9.60. The third-order valence-electron chi connectivity index (χ3n) is 5.10. The van der Waals surface area contributed by atoms with Crippen molar-refractivity contribution >= 4 is 5.91 Å². The zero-order chi connectivity index (χ0) is 18.0. The van der Waals surface area contributed by atoms with E-state index in [-0.39, 0.29) is 17.4 Å². The van der Waals surface area contributed by atoms with Crippen LogP contribution in [0.2, 0.25) is 0 Å². The van der Waals surface area contributed by atoms with Gasteiger partial charge in [0.15, 0.2) is 0 Å². The molecule has 0 aliphatic carbocycles. The predicted molar refractivity (Wildman–Crippen MR) is 94.4 cm³/mol. The first kappa shape index (κ1) is 17.4. The summed E-state index contributed by atoms with van der Waals surface area (Å²) in [5.74, 6) is -0.137. The molecular weight excluding hydrogens is 318 g/mol. The number of piperidine rings is 1. The summed E-state index contributed by atoms with van der Waals surface area (Å²) < 4.78 is 0. The molecule has 1 aliphatic heterocycles. The van der Waals surface area contributed by atoms with Crippen molar-refractivity contribution in [2.75, 3.05) is 13.1 Å². The second-order valence-corrected chi connectivity index (χ2v) is 6.62. The normalized spacial score (nSPS) is 16.7. The van der Waals surface area contributed by atoms with Crippen LogP contribution in [0.4, 0.5) is 0 Å². The fraction of sp³-hybridized carbons (Fsp3) is 0.421. The first-order valence-corrected chi connectivity index (χ1v) is 8.57. The first-order chi connectivity index (χ1) is 12.0. The standard InChI is InChI=1S/C19H23N3O3/c1-12-13(2)20-21-18(24)16(12)19(25)22-10-8-15(9-11-22)17(23)14-6-4-3-5-7-14/h3-7,15,17,23H,8-11H2,1-2H3,(H,21,24)/t17-/m1/s1. The van der Waals surface area contributed by atoms with Crippen LogP contribution in [-0.4, -0.2) is 39.2 Å². The summed E-state index contributed by atoms with van der Waals surface area (Å²) in [6.07, 6.45) is 0.901. The van der Waals surface area contributed by atoms with E-state index >= 15 is 0 Å². The van der Waals surface area contributed by atoms with Gasteiger partial charge in [0.1, 0.15) is 5.56 Å². The van der Waals surface area contributed by atoms with Crippen LogP contribution in [0.5, 0.6) is 0 Å². The van der Waals surface area contributed by atoms with Crippen molar-refractivity contribution in [3.05, 3.63) is 63.1 Å². The number of amides is 1. The lowest BCUT2D eigenvalue weighted by Crippen LogP contribution is -2.42. The number of hydrogen-bond donors (Lipinski definition) is 2. The maximum atomic E-state index is 12.8. The van der Waals surface area contributed by atoms with Crippen LogP contribution >= 0.6 is 0 Å². The minimum Gasteiger partial charge on any atom is -0.388 e. The van der Waals surface area contributed by atoms with E-state index in [1.54, 1.807) is 18.7 Å². The summed E-state index contributed by atoms with van der Waals surface area (Å²) >= 11 is 0. The highest BCUT2D eigenvalue weighted by Gasteiger charge is 2.30. The number of nitrogens with zero attached hydrogens (tertiary/aromatic N) is 2. The Morgan fingerprint density at radius 3 is 2.52 bits per heavy atom. The number of carbonyl (C=O) groups is 1. The van der Waals surface area contributed by atoms with E-state index in [0.29, 0.717) is 37.2 Å². The van der Waals surface area contributed by atoms with Crippen molar-refractivity contribution < 1.29 is 9.90 Å². The number of aliphatic hydroxyl groups is 1. The Morgan fingerprint density at radius 2 is 1.88 bits per heavy atom. The van der Waals surface area contributed by atoms with Crippen molar-refractivity contribution in [2.24, 2.45) is 5.92 Å². The molecule has 1 aromatic carbocycles. The molecular formula is C19H23N3O3. The van der Waals surface area contributed by atoms with Crippen molar-refractivity contribution in [3.63, 3.8) is 0 Å². The van der Waals surface area contributed by atoms with E-state index in [9.17, 15) is 14.7 Å². The number of aromatic nitrogens is 2. The molecule has 0 spiro atoms. The van der Waals surface area contributed by atoms with E-state index in [1.807, 2.05) is 30.3 Å². The van der Waals surface area contributed by atoms with Gasteiger partial charge in [0.05, 0.1) is 11.8 Å². The highest BCUT2D eigenvalue weighted by Crippen LogP contribution is 2.31. The van der Waals surface area contributed by atoms with Gasteiger partial charge in [0, 0.05) is 13.1 Å². The van der Waals surface area contributed by atoms with Crippen LogP contribution in [-0.2, 0) is 0 Å². The highest BCUT2D eigenvalue weighted by atomic mass is 16.3. The number of benzene rings is 1. The Balaban J connectivity index is 1.70. The van der Waals surface area contributed by atoms with Gasteiger partial charge < -0.3 is 10.0 Å². The molecule has 6 nitrogen and oxygen atoms in total. The Bertz CT molecular complexity index is 808. The van der Waals surface area contributed by atoms with Gasteiger partial charge in [-0.05, 0) is 43.7 Å². The van der Waals surface area contributed by atoms with Gasteiger partial charge in [-0.15, -0.1) is 0 Å². The first-order valence-electron chi connectivity index (χ1n) is 8.57. The van der Waals surface area contributed by atoms with E-state index in [1.165, 1.54) is 0 Å². The number of aryl methyl sites for hydroxylation is 1. The summed E-state index contributed by atoms with van der Waals surface area (Å²) in [6.45, 7) is 4.59. The van der Waals surface area contributed by atoms with Gasteiger partial charge in [0.25, 0.3) is 11.5 Å². The summed E-state index contributed by atoms with van der Waals surface area (Å²) in [4.78, 5) is 26.5. The lowest BCUT2D eigenvalue weighted by Gasteiger charge is -2.34. The molecule has 2 N–H and O–H groups in total. The van der Waals surface area contributed by atoms with E-state index < -0.39 is 11.7 Å². The lowest BCUT2D eigenvalue weighted by molar-refractivity contribution is 0.0460. The smallest absolute Gasteiger partial charge is 0.277 e. The predicted octanol–water partition coefficient (Wildman–Crippen LogP) is 1.97. The molecule has 25 heavy (non-hydrogen) atoms. The van der Waals surface area contributed by atoms with Gasteiger partial charge >= 0.3 is 0 Å². The van der Waals surface area contributed by atoms with Gasteiger partial charge in [-0.25, -0.2) is 5.10 Å². The molecule has 6 heteroatoms. The molecule has 1 atom stereocenters. The van der Waals surface area contributed by atoms with Gasteiger partial charge in [-0.2, -0.15) is 5.10 Å². The molecule has 1 aliphatic rings. The molecule has 1 fully saturated rings. The Kier molecular flexibility index (Phi) is 4.99. The number of hydrogen-bond acceptors (Lipinski definition) is 4. The van der Waals surface area contributed by atoms with Crippen molar-refractivity contribution in [2.45, 2.75) is 32.8 Å². The van der Waals surface area contributed by atoms with Gasteiger partial charge in [-0.1, -0.05) is 30.3 Å². The number of rotatable bonds is 3. The number of carbonyl (C=O) groups excluding carboxylic acids is 1.